The van der Waals surface area contributed by atoms with E-state index in [9.17, 15) is 4.79 Å². The highest BCUT2D eigenvalue weighted by Gasteiger charge is 2.07. The minimum Gasteiger partial charge on any atom is -0.398 e. The predicted molar refractivity (Wildman–Crippen MR) is 73.5 cm³/mol. The number of nitrogen functional groups attached to an aromatic ring is 1. The Labute approximate surface area is 111 Å². The van der Waals surface area contributed by atoms with Crippen LogP contribution in [0.4, 0.5) is 5.69 Å². The molecule has 0 unspecified atom stereocenters. The van der Waals surface area contributed by atoms with Crippen LogP contribution in [0, 0.1) is 13.8 Å². The first-order chi connectivity index (χ1) is 7.97. The number of pyridine rings is 1. The summed E-state index contributed by atoms with van der Waals surface area (Å²) in [5.74, 6) is 0. The van der Waals surface area contributed by atoms with Gasteiger partial charge in [-0.3, -0.25) is 4.79 Å². The molecule has 0 spiro atoms. The van der Waals surface area contributed by atoms with Crippen LogP contribution >= 0.6 is 27.3 Å². The van der Waals surface area contributed by atoms with Crippen LogP contribution in [-0.2, 0) is 6.54 Å². The lowest BCUT2D eigenvalue weighted by atomic mass is 10.4. The van der Waals surface area contributed by atoms with Crippen LogP contribution in [0.1, 0.15) is 15.6 Å². The number of hydrogen-bond acceptors (Lipinski definition) is 4. The fourth-order valence-electron chi connectivity index (χ4n) is 1.49. The highest BCUT2D eigenvalue weighted by molar-refractivity contribution is 9.10. The van der Waals surface area contributed by atoms with Gasteiger partial charge in [0.15, 0.2) is 0 Å². The number of nitrogens with zero attached hydrogens (tertiary/aromatic N) is 2. The molecule has 4 nitrogen and oxygen atoms in total. The maximum Gasteiger partial charge on any atom is 0.265 e. The summed E-state index contributed by atoms with van der Waals surface area (Å²) in [6.45, 7) is 4.45. The third-order valence-electron chi connectivity index (χ3n) is 2.44. The fourth-order valence-corrected chi connectivity index (χ4v) is 2.92. The summed E-state index contributed by atoms with van der Waals surface area (Å²) in [5.41, 5.74) is 7.19. The van der Waals surface area contributed by atoms with Gasteiger partial charge < -0.3 is 10.3 Å². The van der Waals surface area contributed by atoms with Crippen LogP contribution in [0.25, 0.3) is 0 Å². The summed E-state index contributed by atoms with van der Waals surface area (Å²) in [4.78, 5) is 17.4. The fraction of sp³-hybridized carbons (Fsp3) is 0.273. The molecule has 0 saturated carbocycles. The Morgan fingerprint density at radius 1 is 1.53 bits per heavy atom. The zero-order valence-corrected chi connectivity index (χ0v) is 11.9. The summed E-state index contributed by atoms with van der Waals surface area (Å²) in [7, 11) is 0. The molecule has 2 rings (SSSR count). The molecule has 0 aliphatic carbocycles. The summed E-state index contributed by atoms with van der Waals surface area (Å²) >= 11 is 4.80. The average molecular weight is 314 g/mol. The van der Waals surface area contributed by atoms with Crippen molar-refractivity contribution < 1.29 is 0 Å². The predicted octanol–water partition coefficient (Wildman–Crippen LogP) is 2.31. The smallest absolute Gasteiger partial charge is 0.265 e. The molecule has 0 bridgehead atoms. The zero-order chi connectivity index (χ0) is 12.6. The minimum atomic E-state index is -0.0929. The van der Waals surface area contributed by atoms with E-state index in [1.165, 1.54) is 4.88 Å². The van der Waals surface area contributed by atoms with Crippen molar-refractivity contribution in [1.29, 1.82) is 0 Å². The molecule has 17 heavy (non-hydrogen) atoms. The van der Waals surface area contributed by atoms with Crippen molar-refractivity contribution in [1.82, 2.24) is 9.55 Å². The van der Waals surface area contributed by atoms with Gasteiger partial charge in [-0.2, -0.15) is 0 Å². The molecule has 0 fully saturated rings. The second kappa shape index (κ2) is 4.62. The van der Waals surface area contributed by atoms with Crippen LogP contribution in [0.2, 0.25) is 0 Å². The Morgan fingerprint density at radius 2 is 2.24 bits per heavy atom. The molecule has 6 heteroatoms. The van der Waals surface area contributed by atoms with Gasteiger partial charge in [-0.25, -0.2) is 4.98 Å². The van der Waals surface area contributed by atoms with Crippen molar-refractivity contribution in [2.75, 3.05) is 5.73 Å². The molecule has 0 aliphatic heterocycles. The number of rotatable bonds is 2. The zero-order valence-electron chi connectivity index (χ0n) is 9.53. The molecule has 0 amide bonds. The van der Waals surface area contributed by atoms with Crippen LogP contribution in [-0.4, -0.2) is 9.55 Å². The van der Waals surface area contributed by atoms with E-state index in [1.807, 2.05) is 13.8 Å². The van der Waals surface area contributed by atoms with Crippen molar-refractivity contribution in [3.8, 4) is 0 Å². The lowest BCUT2D eigenvalue weighted by Crippen LogP contribution is -2.21. The van der Waals surface area contributed by atoms with Crippen LogP contribution in [0.5, 0.6) is 0 Å². The lowest BCUT2D eigenvalue weighted by Gasteiger charge is -2.05. The molecule has 0 saturated heterocycles. The van der Waals surface area contributed by atoms with Crippen molar-refractivity contribution in [3.05, 3.63) is 42.7 Å². The van der Waals surface area contributed by atoms with Gasteiger partial charge in [0, 0.05) is 16.8 Å². The highest BCUT2D eigenvalue weighted by Crippen LogP contribution is 2.17. The molecule has 0 aliphatic rings. The molecule has 90 valence electrons. The van der Waals surface area contributed by atoms with Gasteiger partial charge in [0.1, 0.15) is 5.01 Å². The second-order valence-electron chi connectivity index (χ2n) is 3.80. The van der Waals surface area contributed by atoms with Gasteiger partial charge in [-0.1, -0.05) is 0 Å². The molecule has 0 radical (unpaired) electrons. The molecular weight excluding hydrogens is 302 g/mol. The van der Waals surface area contributed by atoms with E-state index in [1.54, 1.807) is 28.2 Å². The van der Waals surface area contributed by atoms with E-state index >= 15 is 0 Å². The normalized spacial score (nSPS) is 10.8. The molecule has 2 heterocycles. The Balaban J connectivity index is 2.39. The number of aryl methyl sites for hydroxylation is 2. The number of thiazole rings is 1. The highest BCUT2D eigenvalue weighted by atomic mass is 79.9. The minimum absolute atomic E-state index is 0.0929. The second-order valence-corrected chi connectivity index (χ2v) is 5.95. The first kappa shape index (κ1) is 12.3. The largest absolute Gasteiger partial charge is 0.398 e. The molecule has 2 aromatic rings. The molecule has 2 aromatic heterocycles. The van der Waals surface area contributed by atoms with E-state index in [2.05, 4.69) is 20.9 Å². The van der Waals surface area contributed by atoms with Gasteiger partial charge >= 0.3 is 0 Å². The number of aromatic nitrogens is 2. The van der Waals surface area contributed by atoms with E-state index < -0.39 is 0 Å². The van der Waals surface area contributed by atoms with Gasteiger partial charge in [-0.05, 0) is 35.8 Å². The Kier molecular flexibility index (Phi) is 3.35. The van der Waals surface area contributed by atoms with E-state index in [4.69, 9.17) is 5.73 Å². The van der Waals surface area contributed by atoms with E-state index in [0.717, 1.165) is 10.7 Å². The van der Waals surface area contributed by atoms with Crippen molar-refractivity contribution in [3.63, 3.8) is 0 Å². The van der Waals surface area contributed by atoms with Gasteiger partial charge in [-0.15, -0.1) is 11.3 Å². The first-order valence-electron chi connectivity index (χ1n) is 5.05. The molecule has 0 atom stereocenters. The summed E-state index contributed by atoms with van der Waals surface area (Å²) in [6.07, 6.45) is 1.64. The maximum absolute atomic E-state index is 11.9. The summed E-state index contributed by atoms with van der Waals surface area (Å²) in [5, 5.41) is 0.916. The van der Waals surface area contributed by atoms with Crippen LogP contribution in [0.3, 0.4) is 0 Å². The van der Waals surface area contributed by atoms with Crippen molar-refractivity contribution >= 4 is 33.0 Å². The summed E-state index contributed by atoms with van der Waals surface area (Å²) in [6, 6.07) is 1.61. The molecule has 0 aromatic carbocycles. The van der Waals surface area contributed by atoms with Gasteiger partial charge in [0.2, 0.25) is 0 Å². The van der Waals surface area contributed by atoms with E-state index in [0.29, 0.717) is 16.7 Å². The topological polar surface area (TPSA) is 60.9 Å². The third-order valence-corrected chi connectivity index (χ3v) is 4.07. The van der Waals surface area contributed by atoms with Gasteiger partial charge in [0.05, 0.1) is 16.7 Å². The SMILES string of the molecule is Cc1nc(Cn2cc(N)cc(Br)c2=O)sc1C. The Morgan fingerprint density at radius 3 is 2.82 bits per heavy atom. The number of hydrogen-bond donors (Lipinski definition) is 1. The van der Waals surface area contributed by atoms with Crippen LogP contribution in [0.15, 0.2) is 21.5 Å². The van der Waals surface area contributed by atoms with Crippen molar-refractivity contribution in [2.24, 2.45) is 0 Å². The number of halogens is 1. The Bertz CT molecular complexity index is 598. The maximum atomic E-state index is 11.9. The Hall–Kier alpha value is -1.14. The number of anilines is 1. The third kappa shape index (κ3) is 2.58. The van der Waals surface area contributed by atoms with E-state index in [-0.39, 0.29) is 5.56 Å². The standard InChI is InChI=1S/C11H12BrN3OS/c1-6-7(2)17-10(14-6)5-15-4-8(13)3-9(12)11(15)16/h3-4H,5,13H2,1-2H3. The molecule has 2 N–H and O–H groups in total. The summed E-state index contributed by atoms with van der Waals surface area (Å²) < 4.78 is 2.04. The number of nitrogens with two attached hydrogens (primary N) is 1. The first-order valence-corrected chi connectivity index (χ1v) is 6.66. The average Bonchev–Trinajstić information content (AvgIpc) is 2.54. The van der Waals surface area contributed by atoms with Gasteiger partial charge in [0.25, 0.3) is 5.56 Å². The molecular formula is C11H12BrN3OS. The monoisotopic (exact) mass is 313 g/mol. The quantitative estimate of drug-likeness (QED) is 0.925. The van der Waals surface area contributed by atoms with Crippen molar-refractivity contribution in [2.45, 2.75) is 20.4 Å². The van der Waals surface area contributed by atoms with Crippen LogP contribution < -0.4 is 11.3 Å². The lowest BCUT2D eigenvalue weighted by molar-refractivity contribution is 0.750.